The zero-order valence-corrected chi connectivity index (χ0v) is 21.8. The van der Waals surface area contributed by atoms with Crippen LogP contribution >= 0.6 is 0 Å². The van der Waals surface area contributed by atoms with E-state index in [1.165, 1.54) is 5.57 Å². The number of oxime groups is 1. The van der Waals surface area contributed by atoms with Gasteiger partial charge in [-0.15, -0.1) is 6.42 Å². The fourth-order valence-electron chi connectivity index (χ4n) is 7.85. The van der Waals surface area contributed by atoms with Gasteiger partial charge in [-0.2, -0.15) is 0 Å². The van der Waals surface area contributed by atoms with Crippen LogP contribution in [0.5, 0.6) is 0 Å². The molecule has 4 aliphatic carbocycles. The van der Waals surface area contributed by atoms with E-state index < -0.39 is 36.0 Å². The van der Waals surface area contributed by atoms with Gasteiger partial charge >= 0.3 is 5.97 Å². The van der Waals surface area contributed by atoms with E-state index in [1.807, 2.05) is 0 Å². The number of carboxylic acids is 1. The number of aliphatic hydroxyl groups is 1. The molecule has 3 saturated carbocycles. The molecule has 3 fully saturated rings. The van der Waals surface area contributed by atoms with Gasteiger partial charge in [0.1, 0.15) is 11.6 Å². The van der Waals surface area contributed by atoms with Crippen molar-refractivity contribution in [1.29, 1.82) is 0 Å². The van der Waals surface area contributed by atoms with E-state index in [0.29, 0.717) is 24.2 Å². The molecule has 7 atom stereocenters. The van der Waals surface area contributed by atoms with E-state index in [9.17, 15) is 24.6 Å². The van der Waals surface area contributed by atoms with Crippen molar-refractivity contribution in [3.63, 3.8) is 0 Å². The third-order valence-corrected chi connectivity index (χ3v) is 10.1. The number of hydrogen-bond donors (Lipinski definition) is 4. The highest BCUT2D eigenvalue weighted by Crippen LogP contribution is 2.67. The Morgan fingerprint density at radius 2 is 1.95 bits per heavy atom. The molecular weight excluding hydrogens is 474 g/mol. The zero-order chi connectivity index (χ0) is 27.0. The second kappa shape index (κ2) is 10.1. The molecule has 202 valence electrons. The Labute approximate surface area is 218 Å². The van der Waals surface area contributed by atoms with E-state index >= 15 is 0 Å². The van der Waals surface area contributed by atoms with Crippen LogP contribution in [0.2, 0.25) is 0 Å². The molecule has 0 aromatic heterocycles. The molecular formula is C28H39N3O6. The maximum atomic E-state index is 12.1. The average molecular weight is 514 g/mol. The fourth-order valence-corrected chi connectivity index (χ4v) is 7.85. The van der Waals surface area contributed by atoms with E-state index in [0.717, 1.165) is 50.7 Å². The van der Waals surface area contributed by atoms with Crippen LogP contribution in [0.4, 0.5) is 0 Å². The number of carbonyl (C=O) groups is 3. The molecule has 0 bridgehead atoms. The normalized spacial score (nSPS) is 38.3. The summed E-state index contributed by atoms with van der Waals surface area (Å²) in [5, 5.41) is 26.9. The summed E-state index contributed by atoms with van der Waals surface area (Å²) in [6.45, 7) is 4.15. The number of hydrogen-bond acceptors (Lipinski definition) is 6. The summed E-state index contributed by atoms with van der Waals surface area (Å²) in [6.07, 6.45) is 15.1. The maximum Gasteiger partial charge on any atom is 0.326 e. The van der Waals surface area contributed by atoms with E-state index in [4.69, 9.17) is 17.0 Å². The van der Waals surface area contributed by atoms with Gasteiger partial charge < -0.3 is 26.1 Å². The second-order valence-corrected chi connectivity index (χ2v) is 11.8. The summed E-state index contributed by atoms with van der Waals surface area (Å²) >= 11 is 0. The molecule has 0 spiro atoms. The van der Waals surface area contributed by atoms with Crippen molar-refractivity contribution >= 4 is 23.5 Å². The molecule has 0 aliphatic heterocycles. The number of terminal acetylenes is 1. The van der Waals surface area contributed by atoms with Crippen molar-refractivity contribution in [2.75, 3.05) is 6.61 Å². The minimum absolute atomic E-state index is 0.0760. The van der Waals surface area contributed by atoms with Crippen molar-refractivity contribution in [3.05, 3.63) is 11.6 Å². The Hall–Kier alpha value is -2.86. The van der Waals surface area contributed by atoms with Crippen LogP contribution in [0.25, 0.3) is 0 Å². The molecule has 4 aliphatic rings. The molecule has 0 radical (unpaired) electrons. The van der Waals surface area contributed by atoms with Crippen LogP contribution in [0.15, 0.2) is 16.8 Å². The van der Waals surface area contributed by atoms with Gasteiger partial charge in [0, 0.05) is 11.8 Å². The summed E-state index contributed by atoms with van der Waals surface area (Å²) in [7, 11) is 0. The predicted molar refractivity (Wildman–Crippen MR) is 137 cm³/mol. The molecule has 0 aromatic carbocycles. The van der Waals surface area contributed by atoms with Gasteiger partial charge in [0.2, 0.25) is 5.91 Å². The van der Waals surface area contributed by atoms with Crippen LogP contribution in [-0.2, 0) is 19.2 Å². The van der Waals surface area contributed by atoms with Gasteiger partial charge in [0.25, 0.3) is 5.91 Å². The number of rotatable bonds is 8. The third kappa shape index (κ3) is 4.88. The van der Waals surface area contributed by atoms with Crippen LogP contribution in [0, 0.1) is 40.9 Å². The largest absolute Gasteiger partial charge is 0.480 e. The van der Waals surface area contributed by atoms with Gasteiger partial charge in [-0.1, -0.05) is 30.5 Å². The van der Waals surface area contributed by atoms with E-state index in [-0.39, 0.29) is 23.7 Å². The van der Waals surface area contributed by atoms with Crippen LogP contribution in [-0.4, -0.2) is 52.0 Å². The number of aliphatic carboxylic acids is 1. The monoisotopic (exact) mass is 513 g/mol. The average Bonchev–Trinajstić information content (AvgIpc) is 3.12. The van der Waals surface area contributed by atoms with Crippen molar-refractivity contribution in [2.45, 2.75) is 89.7 Å². The smallest absolute Gasteiger partial charge is 0.326 e. The van der Waals surface area contributed by atoms with Crippen molar-refractivity contribution in [2.24, 2.45) is 39.5 Å². The lowest BCUT2D eigenvalue weighted by molar-refractivity contribution is -0.142. The highest BCUT2D eigenvalue weighted by Gasteiger charge is 2.63. The Kier molecular flexibility index (Phi) is 7.44. The lowest BCUT2D eigenvalue weighted by atomic mass is 9.46. The minimum atomic E-state index is -1.24. The standard InChI is InChI=1S/C28H39N3O6/c1-4-28(36)14-11-21-19-6-5-17-15-18(9-12-26(17,2)20(19)10-13-27(21,28)3)31-37-16-24(33)30-22(25(34)35)7-8-23(29)32/h1,15,19-22,36H,5-14,16H2,2-3H3,(H2,29,32)(H,30,33)(H,34,35)/b31-18-/t19-,20+,21+,22+,26+,27+,28-/m1/s1. The highest BCUT2D eigenvalue weighted by atomic mass is 16.6. The van der Waals surface area contributed by atoms with Gasteiger partial charge in [0.15, 0.2) is 6.61 Å². The fraction of sp³-hybridized carbons (Fsp3) is 0.714. The molecule has 5 N–H and O–H groups in total. The summed E-state index contributed by atoms with van der Waals surface area (Å²) in [5.74, 6) is 1.80. The predicted octanol–water partition coefficient (Wildman–Crippen LogP) is 2.52. The highest BCUT2D eigenvalue weighted by molar-refractivity contribution is 5.96. The first-order valence-electron chi connectivity index (χ1n) is 13.3. The third-order valence-electron chi connectivity index (χ3n) is 10.1. The SMILES string of the molecule is C#C[C@@]1(O)CC[C@H]2[C@@H]3CCC4=C/C(=N\OCC(=O)N[C@@H](CCC(N)=O)C(=O)O)CC[C@]4(C)[C@H]3CC[C@@]21C. The quantitative estimate of drug-likeness (QED) is 0.289. The molecule has 9 heteroatoms. The Balaban J connectivity index is 1.37. The van der Waals surface area contributed by atoms with Gasteiger partial charge in [-0.3, -0.25) is 9.59 Å². The van der Waals surface area contributed by atoms with Crippen molar-refractivity contribution in [1.82, 2.24) is 5.32 Å². The number of nitrogens with one attached hydrogen (secondary N) is 1. The molecule has 0 aromatic rings. The lowest BCUT2D eigenvalue weighted by Gasteiger charge is -2.58. The maximum absolute atomic E-state index is 12.1. The number of primary amides is 1. The number of carboxylic acid groups (broad SMARTS) is 1. The summed E-state index contributed by atoms with van der Waals surface area (Å²) in [4.78, 5) is 39.6. The molecule has 4 rings (SSSR count). The number of fused-ring (bicyclic) bond motifs is 5. The molecule has 0 unspecified atom stereocenters. The molecule has 0 saturated heterocycles. The number of nitrogens with two attached hydrogens (primary N) is 1. The summed E-state index contributed by atoms with van der Waals surface area (Å²) < 4.78 is 0. The van der Waals surface area contributed by atoms with Gasteiger partial charge in [-0.05, 0) is 87.0 Å². The number of allylic oxidation sites excluding steroid dienone is 2. The topological polar surface area (TPSA) is 151 Å². The van der Waals surface area contributed by atoms with E-state index in [2.05, 4.69) is 36.3 Å². The first-order valence-corrected chi connectivity index (χ1v) is 13.3. The second-order valence-electron chi connectivity index (χ2n) is 11.8. The van der Waals surface area contributed by atoms with Crippen LogP contribution in [0.1, 0.15) is 78.1 Å². The van der Waals surface area contributed by atoms with Crippen molar-refractivity contribution < 1.29 is 29.4 Å². The van der Waals surface area contributed by atoms with E-state index in [1.54, 1.807) is 0 Å². The first-order chi connectivity index (χ1) is 17.4. The molecule has 37 heavy (non-hydrogen) atoms. The van der Waals surface area contributed by atoms with Crippen LogP contribution < -0.4 is 11.1 Å². The first kappa shape index (κ1) is 27.2. The Morgan fingerprint density at radius 1 is 1.22 bits per heavy atom. The minimum Gasteiger partial charge on any atom is -0.480 e. The lowest BCUT2D eigenvalue weighted by Crippen LogP contribution is -2.54. The molecule has 0 heterocycles. The Morgan fingerprint density at radius 3 is 2.62 bits per heavy atom. The Bertz CT molecular complexity index is 1060. The number of nitrogens with zero attached hydrogens (tertiary/aromatic N) is 1. The number of carbonyl (C=O) groups excluding carboxylic acids is 2. The summed E-state index contributed by atoms with van der Waals surface area (Å²) in [5.41, 5.74) is 6.08. The van der Waals surface area contributed by atoms with Crippen molar-refractivity contribution in [3.8, 4) is 12.3 Å². The summed E-state index contributed by atoms with van der Waals surface area (Å²) in [6, 6.07) is -1.21. The number of amides is 2. The van der Waals surface area contributed by atoms with Crippen LogP contribution in [0.3, 0.4) is 0 Å². The molecule has 9 nitrogen and oxygen atoms in total. The zero-order valence-electron chi connectivity index (χ0n) is 21.8. The van der Waals surface area contributed by atoms with Gasteiger partial charge in [0.05, 0.1) is 5.71 Å². The molecule has 2 amide bonds. The van der Waals surface area contributed by atoms with Gasteiger partial charge in [-0.25, -0.2) is 4.79 Å².